The van der Waals surface area contributed by atoms with Gasteiger partial charge < -0.3 is 19.5 Å². The van der Waals surface area contributed by atoms with Crippen LogP contribution in [0, 0.1) is 0 Å². The summed E-state index contributed by atoms with van der Waals surface area (Å²) in [7, 11) is 0. The van der Waals surface area contributed by atoms with Gasteiger partial charge in [-0.3, -0.25) is 0 Å². The molecular formula is C17H19N3O3. The van der Waals surface area contributed by atoms with E-state index in [0.717, 1.165) is 43.4 Å². The van der Waals surface area contributed by atoms with Crippen LogP contribution in [0.2, 0.25) is 0 Å². The quantitative estimate of drug-likeness (QED) is 0.824. The molecule has 120 valence electrons. The predicted octanol–water partition coefficient (Wildman–Crippen LogP) is 2.12. The summed E-state index contributed by atoms with van der Waals surface area (Å²) >= 11 is 0. The maximum atomic E-state index is 5.72. The number of nitrogens with one attached hydrogen (secondary N) is 1. The number of hydrogen-bond acceptors (Lipinski definition) is 6. The van der Waals surface area contributed by atoms with E-state index in [4.69, 9.17) is 14.2 Å². The molecule has 4 rings (SSSR count). The molecular weight excluding hydrogens is 294 g/mol. The largest absolute Gasteiger partial charge is 0.491 e. The molecule has 0 amide bonds. The van der Waals surface area contributed by atoms with E-state index >= 15 is 0 Å². The van der Waals surface area contributed by atoms with Gasteiger partial charge in [-0.05, 0) is 24.6 Å². The van der Waals surface area contributed by atoms with Crippen molar-refractivity contribution in [2.75, 3.05) is 31.7 Å². The molecule has 3 heterocycles. The zero-order valence-electron chi connectivity index (χ0n) is 12.8. The molecule has 2 fully saturated rings. The van der Waals surface area contributed by atoms with Gasteiger partial charge in [-0.1, -0.05) is 12.1 Å². The van der Waals surface area contributed by atoms with Gasteiger partial charge in [-0.15, -0.1) is 0 Å². The van der Waals surface area contributed by atoms with E-state index in [0.29, 0.717) is 18.5 Å². The van der Waals surface area contributed by atoms with E-state index < -0.39 is 0 Å². The molecule has 23 heavy (non-hydrogen) atoms. The number of benzene rings is 1. The zero-order chi connectivity index (χ0) is 15.5. The average molecular weight is 313 g/mol. The summed E-state index contributed by atoms with van der Waals surface area (Å²) in [5.74, 6) is 2.31. The van der Waals surface area contributed by atoms with Crippen LogP contribution in [-0.2, 0) is 9.47 Å². The second-order valence-corrected chi connectivity index (χ2v) is 5.76. The Labute approximate surface area is 134 Å². The van der Waals surface area contributed by atoms with Crippen molar-refractivity contribution in [3.63, 3.8) is 0 Å². The SMILES string of the molecule is c1cc(OCC2CO2)cc(-c2nccc(N[C@@H]3CCOC3)n2)c1. The lowest BCUT2D eigenvalue weighted by atomic mass is 10.2. The van der Waals surface area contributed by atoms with Crippen molar-refractivity contribution < 1.29 is 14.2 Å². The smallest absolute Gasteiger partial charge is 0.161 e. The minimum atomic E-state index is 0.246. The van der Waals surface area contributed by atoms with E-state index in [2.05, 4.69) is 15.3 Å². The van der Waals surface area contributed by atoms with Crippen LogP contribution in [0.5, 0.6) is 5.75 Å². The lowest BCUT2D eigenvalue weighted by Gasteiger charge is -2.12. The van der Waals surface area contributed by atoms with Crippen LogP contribution in [0.1, 0.15) is 6.42 Å². The average Bonchev–Trinajstić information content (AvgIpc) is 3.29. The summed E-state index contributed by atoms with van der Waals surface area (Å²) in [4.78, 5) is 8.97. The summed E-state index contributed by atoms with van der Waals surface area (Å²) in [6, 6.07) is 10.0. The predicted molar refractivity (Wildman–Crippen MR) is 85.5 cm³/mol. The highest BCUT2D eigenvalue weighted by molar-refractivity contribution is 5.59. The first-order valence-electron chi connectivity index (χ1n) is 7.89. The second kappa shape index (κ2) is 6.52. The van der Waals surface area contributed by atoms with Crippen molar-refractivity contribution in [1.82, 2.24) is 9.97 Å². The van der Waals surface area contributed by atoms with E-state index in [1.54, 1.807) is 6.20 Å². The first-order valence-corrected chi connectivity index (χ1v) is 7.89. The lowest BCUT2D eigenvalue weighted by Crippen LogP contribution is -2.19. The van der Waals surface area contributed by atoms with Crippen molar-refractivity contribution in [1.29, 1.82) is 0 Å². The van der Waals surface area contributed by atoms with Crippen molar-refractivity contribution >= 4 is 5.82 Å². The topological polar surface area (TPSA) is 68.8 Å². The molecule has 1 unspecified atom stereocenters. The van der Waals surface area contributed by atoms with Gasteiger partial charge in [0.1, 0.15) is 24.3 Å². The van der Waals surface area contributed by atoms with Gasteiger partial charge in [0.25, 0.3) is 0 Å². The Balaban J connectivity index is 1.48. The Hall–Kier alpha value is -2.18. The Morgan fingerprint density at radius 1 is 1.26 bits per heavy atom. The number of rotatable bonds is 6. The number of ether oxygens (including phenoxy) is 3. The molecule has 2 aliphatic rings. The fourth-order valence-corrected chi connectivity index (χ4v) is 2.51. The number of anilines is 1. The molecule has 6 heteroatoms. The minimum Gasteiger partial charge on any atom is -0.491 e. The van der Waals surface area contributed by atoms with Crippen LogP contribution in [0.4, 0.5) is 5.82 Å². The van der Waals surface area contributed by atoms with E-state index in [-0.39, 0.29) is 6.10 Å². The molecule has 2 saturated heterocycles. The van der Waals surface area contributed by atoms with E-state index in [1.165, 1.54) is 0 Å². The van der Waals surface area contributed by atoms with Crippen LogP contribution >= 0.6 is 0 Å². The van der Waals surface area contributed by atoms with Gasteiger partial charge in [0.15, 0.2) is 5.82 Å². The Morgan fingerprint density at radius 2 is 2.22 bits per heavy atom. The van der Waals surface area contributed by atoms with Gasteiger partial charge >= 0.3 is 0 Å². The fraction of sp³-hybridized carbons (Fsp3) is 0.412. The first kappa shape index (κ1) is 14.4. The van der Waals surface area contributed by atoms with Gasteiger partial charge in [-0.25, -0.2) is 9.97 Å². The molecule has 1 N–H and O–H groups in total. The highest BCUT2D eigenvalue weighted by atomic mass is 16.6. The lowest BCUT2D eigenvalue weighted by molar-refractivity contribution is 0.195. The maximum absolute atomic E-state index is 5.72. The van der Waals surface area contributed by atoms with Gasteiger partial charge in [0.05, 0.1) is 19.3 Å². The van der Waals surface area contributed by atoms with Crippen molar-refractivity contribution in [3.05, 3.63) is 36.5 Å². The third-order valence-corrected chi connectivity index (χ3v) is 3.87. The molecule has 1 aromatic carbocycles. The number of hydrogen-bond donors (Lipinski definition) is 1. The van der Waals surface area contributed by atoms with Crippen LogP contribution in [0.15, 0.2) is 36.5 Å². The Morgan fingerprint density at radius 3 is 3.04 bits per heavy atom. The Kier molecular flexibility index (Phi) is 4.08. The second-order valence-electron chi connectivity index (χ2n) is 5.76. The zero-order valence-corrected chi connectivity index (χ0v) is 12.8. The molecule has 0 saturated carbocycles. The van der Waals surface area contributed by atoms with E-state index in [1.807, 2.05) is 30.3 Å². The highest BCUT2D eigenvalue weighted by Crippen LogP contribution is 2.23. The molecule has 0 bridgehead atoms. The molecule has 6 nitrogen and oxygen atoms in total. The Bertz CT molecular complexity index is 670. The number of aromatic nitrogens is 2. The third kappa shape index (κ3) is 3.78. The van der Waals surface area contributed by atoms with Crippen LogP contribution in [0.25, 0.3) is 11.4 Å². The van der Waals surface area contributed by atoms with Crippen molar-refractivity contribution in [2.45, 2.75) is 18.6 Å². The summed E-state index contributed by atoms with van der Waals surface area (Å²) in [6.07, 6.45) is 3.02. The molecule has 0 spiro atoms. The van der Waals surface area contributed by atoms with Crippen LogP contribution in [-0.4, -0.2) is 48.5 Å². The minimum absolute atomic E-state index is 0.246. The molecule has 2 atom stereocenters. The van der Waals surface area contributed by atoms with Gasteiger partial charge in [-0.2, -0.15) is 0 Å². The molecule has 2 aliphatic heterocycles. The summed E-state index contributed by atoms with van der Waals surface area (Å²) in [6.45, 7) is 2.92. The number of nitrogens with zero attached hydrogens (tertiary/aromatic N) is 2. The third-order valence-electron chi connectivity index (χ3n) is 3.87. The molecule has 0 radical (unpaired) electrons. The molecule has 0 aliphatic carbocycles. The van der Waals surface area contributed by atoms with Crippen molar-refractivity contribution in [3.8, 4) is 17.1 Å². The van der Waals surface area contributed by atoms with Crippen LogP contribution < -0.4 is 10.1 Å². The first-order chi connectivity index (χ1) is 11.4. The summed E-state index contributed by atoms with van der Waals surface area (Å²) in [5.41, 5.74) is 0.936. The monoisotopic (exact) mass is 313 g/mol. The number of epoxide rings is 1. The van der Waals surface area contributed by atoms with E-state index in [9.17, 15) is 0 Å². The normalized spacial score (nSPS) is 22.8. The van der Waals surface area contributed by atoms with Crippen LogP contribution in [0.3, 0.4) is 0 Å². The van der Waals surface area contributed by atoms with Gasteiger partial charge in [0, 0.05) is 18.4 Å². The maximum Gasteiger partial charge on any atom is 0.161 e. The molecule has 2 aromatic rings. The highest BCUT2D eigenvalue weighted by Gasteiger charge is 2.23. The van der Waals surface area contributed by atoms with Crippen molar-refractivity contribution in [2.24, 2.45) is 0 Å². The molecule has 1 aromatic heterocycles. The standard InChI is InChI=1S/C17H19N3O3/c1-2-12(8-14(3-1)22-10-15-11-23-15)17-18-6-4-16(20-17)19-13-5-7-21-9-13/h1-4,6,8,13,15H,5,7,9-11H2,(H,18,19,20)/t13-,15?/m1/s1. The summed E-state index contributed by atoms with van der Waals surface area (Å²) in [5, 5.41) is 3.39. The summed E-state index contributed by atoms with van der Waals surface area (Å²) < 4.78 is 16.3. The fourth-order valence-electron chi connectivity index (χ4n) is 2.51. The van der Waals surface area contributed by atoms with Gasteiger partial charge in [0.2, 0.25) is 0 Å².